The molecule has 7 nitrogen and oxygen atoms in total. The van der Waals surface area contributed by atoms with E-state index in [1.165, 1.54) is 43.4 Å². The molecule has 0 spiro atoms. The van der Waals surface area contributed by atoms with Gasteiger partial charge in [0.15, 0.2) is 0 Å². The summed E-state index contributed by atoms with van der Waals surface area (Å²) in [4.78, 5) is 13.3. The molecule has 3 rings (SSSR count). The number of unbranched alkanes of at least 4 members (excludes halogenated alkanes) is 4. The second-order valence-corrected chi connectivity index (χ2v) is 12.4. The van der Waals surface area contributed by atoms with E-state index in [0.717, 1.165) is 30.7 Å². The fourth-order valence-corrected chi connectivity index (χ4v) is 7.25. The number of nitrogens with zero attached hydrogens (tertiary/aromatic N) is 1. The fourth-order valence-electron chi connectivity index (χ4n) is 4.30. The lowest BCUT2D eigenvalue weighted by molar-refractivity contribution is 0.0951. The van der Waals surface area contributed by atoms with Crippen LogP contribution in [0.5, 0.6) is 5.75 Å². The van der Waals surface area contributed by atoms with Crippen LogP contribution in [-0.4, -0.2) is 51.4 Å². The topological polar surface area (TPSA) is 87.7 Å². The second kappa shape index (κ2) is 14.0. The van der Waals surface area contributed by atoms with Gasteiger partial charge in [0.25, 0.3) is 15.9 Å². The van der Waals surface area contributed by atoms with Crippen LogP contribution >= 0.6 is 11.3 Å². The predicted molar refractivity (Wildman–Crippen MR) is 142 cm³/mol. The number of sulfonamides is 1. The molecule has 1 amide bonds. The Morgan fingerprint density at radius 1 is 1.11 bits per heavy atom. The number of benzene rings is 1. The monoisotopic (exact) mass is 521 g/mol. The smallest absolute Gasteiger partial charge is 0.252 e. The maximum atomic E-state index is 13.3. The van der Waals surface area contributed by atoms with Crippen molar-refractivity contribution in [3.63, 3.8) is 0 Å². The van der Waals surface area contributed by atoms with Gasteiger partial charge >= 0.3 is 0 Å². The van der Waals surface area contributed by atoms with Crippen molar-refractivity contribution in [3.05, 3.63) is 46.8 Å². The molecule has 2 N–H and O–H groups in total. The van der Waals surface area contributed by atoms with Gasteiger partial charge in [0.1, 0.15) is 9.96 Å². The van der Waals surface area contributed by atoms with Gasteiger partial charge in [0.05, 0.1) is 13.7 Å². The van der Waals surface area contributed by atoms with E-state index in [1.807, 2.05) is 0 Å². The SMILES string of the molecule is CCCCCCCNC1CCCN(S(=O)(=O)c2ccc(CNC(=O)c3cccc(OC)c3)s2)CC1. The predicted octanol–water partition coefficient (Wildman–Crippen LogP) is 4.79. The highest BCUT2D eigenvalue weighted by molar-refractivity contribution is 7.91. The van der Waals surface area contributed by atoms with E-state index in [4.69, 9.17) is 4.74 Å². The normalized spacial score (nSPS) is 17.1. The molecule has 0 bridgehead atoms. The molecule has 9 heteroatoms. The van der Waals surface area contributed by atoms with E-state index in [0.29, 0.717) is 34.7 Å². The number of thiophene rings is 1. The number of ether oxygens (including phenoxy) is 1. The Morgan fingerprint density at radius 2 is 1.94 bits per heavy atom. The van der Waals surface area contributed by atoms with Gasteiger partial charge in [-0.2, -0.15) is 4.31 Å². The zero-order valence-electron chi connectivity index (χ0n) is 20.9. The van der Waals surface area contributed by atoms with Crippen molar-refractivity contribution < 1.29 is 17.9 Å². The average Bonchev–Trinajstić information content (AvgIpc) is 3.23. The van der Waals surface area contributed by atoms with E-state index < -0.39 is 10.0 Å². The van der Waals surface area contributed by atoms with E-state index in [9.17, 15) is 13.2 Å². The standard InChI is InChI=1S/C26H39N3O4S2/c1-3-4-5-6-7-16-27-22-11-9-17-29(18-15-22)35(31,32)25-14-13-24(34-25)20-28-26(30)21-10-8-12-23(19-21)33-2/h8,10,12-14,19,22,27H,3-7,9,11,15-18,20H2,1-2H3,(H,28,30). The Labute approximate surface area is 214 Å². The van der Waals surface area contributed by atoms with Crippen LogP contribution in [0, 0.1) is 0 Å². The highest BCUT2D eigenvalue weighted by Gasteiger charge is 2.28. The number of amides is 1. The highest BCUT2D eigenvalue weighted by Crippen LogP contribution is 2.27. The number of carbonyl (C=O) groups is 1. The van der Waals surface area contributed by atoms with E-state index in [2.05, 4.69) is 17.6 Å². The lowest BCUT2D eigenvalue weighted by atomic mass is 10.1. The molecule has 1 aromatic carbocycles. The molecule has 1 aromatic heterocycles. The van der Waals surface area contributed by atoms with Crippen LogP contribution < -0.4 is 15.4 Å². The van der Waals surface area contributed by atoms with Crippen LogP contribution in [0.4, 0.5) is 0 Å². The second-order valence-electron chi connectivity index (χ2n) is 9.04. The van der Waals surface area contributed by atoms with Gasteiger partial charge in [0, 0.05) is 29.6 Å². The molecule has 1 aliphatic rings. The van der Waals surface area contributed by atoms with E-state index in [1.54, 1.807) is 47.8 Å². The van der Waals surface area contributed by atoms with E-state index in [-0.39, 0.29) is 12.5 Å². The summed E-state index contributed by atoms with van der Waals surface area (Å²) in [6.07, 6.45) is 9.00. The van der Waals surface area contributed by atoms with Crippen molar-refractivity contribution >= 4 is 27.3 Å². The molecule has 1 unspecified atom stereocenters. The molecule has 2 heterocycles. The Balaban J connectivity index is 1.49. The Kier molecular flexibility index (Phi) is 11.0. The van der Waals surface area contributed by atoms with Crippen molar-refractivity contribution in [3.8, 4) is 5.75 Å². The number of hydrogen-bond donors (Lipinski definition) is 2. The molecule has 1 saturated heterocycles. The maximum Gasteiger partial charge on any atom is 0.252 e. The molecular formula is C26H39N3O4S2. The van der Waals surface area contributed by atoms with Gasteiger partial charge in [-0.1, -0.05) is 38.7 Å². The molecule has 1 fully saturated rings. The Hall–Kier alpha value is -1.94. The molecule has 194 valence electrons. The molecule has 0 aliphatic carbocycles. The molecule has 0 radical (unpaired) electrons. The van der Waals surface area contributed by atoms with Gasteiger partial charge in [-0.3, -0.25) is 4.79 Å². The first-order valence-corrected chi connectivity index (χ1v) is 14.9. The number of carbonyl (C=O) groups excluding carboxylic acids is 1. The van der Waals surface area contributed by atoms with Crippen molar-refractivity contribution in [2.24, 2.45) is 0 Å². The lowest BCUT2D eigenvalue weighted by Gasteiger charge is -2.19. The van der Waals surface area contributed by atoms with E-state index >= 15 is 0 Å². The first-order valence-electron chi connectivity index (χ1n) is 12.7. The largest absolute Gasteiger partial charge is 0.497 e. The third-order valence-electron chi connectivity index (χ3n) is 6.39. The van der Waals surface area contributed by atoms with Crippen molar-refractivity contribution in [2.75, 3.05) is 26.7 Å². The molecule has 2 aromatic rings. The summed E-state index contributed by atoms with van der Waals surface area (Å²) in [5.74, 6) is 0.391. The maximum absolute atomic E-state index is 13.3. The molecule has 1 atom stereocenters. The number of rotatable bonds is 13. The third kappa shape index (κ3) is 8.31. The first-order chi connectivity index (χ1) is 16.9. The quantitative estimate of drug-likeness (QED) is 0.370. The van der Waals surface area contributed by atoms with Crippen LogP contribution in [0.3, 0.4) is 0 Å². The Bertz CT molecular complexity index is 1040. The summed E-state index contributed by atoms with van der Waals surface area (Å²) < 4.78 is 33.7. The fraction of sp³-hybridized carbons (Fsp3) is 0.577. The van der Waals surface area contributed by atoms with Crippen LogP contribution in [0.15, 0.2) is 40.6 Å². The number of methoxy groups -OCH3 is 1. The van der Waals surface area contributed by atoms with Crippen molar-refractivity contribution in [1.29, 1.82) is 0 Å². The van der Waals surface area contributed by atoms with Gasteiger partial charge in [0.2, 0.25) is 0 Å². The summed E-state index contributed by atoms with van der Waals surface area (Å²) in [6, 6.07) is 10.8. The van der Waals surface area contributed by atoms with Gasteiger partial charge in [-0.15, -0.1) is 11.3 Å². The summed E-state index contributed by atoms with van der Waals surface area (Å²) in [7, 11) is -1.97. The van der Waals surface area contributed by atoms with Crippen LogP contribution in [0.25, 0.3) is 0 Å². The zero-order chi connectivity index (χ0) is 25.1. The van der Waals surface area contributed by atoms with Crippen LogP contribution in [0.2, 0.25) is 0 Å². The molecular weight excluding hydrogens is 482 g/mol. The van der Waals surface area contributed by atoms with Crippen molar-refractivity contribution in [2.45, 2.75) is 75.1 Å². The van der Waals surface area contributed by atoms with Gasteiger partial charge in [-0.05, 0) is 62.6 Å². The Morgan fingerprint density at radius 3 is 2.74 bits per heavy atom. The molecule has 0 saturated carbocycles. The van der Waals surface area contributed by atoms with Gasteiger partial charge < -0.3 is 15.4 Å². The summed E-state index contributed by atoms with van der Waals surface area (Å²) in [5, 5.41) is 6.50. The molecule has 35 heavy (non-hydrogen) atoms. The van der Waals surface area contributed by atoms with Crippen molar-refractivity contribution in [1.82, 2.24) is 14.9 Å². The minimum atomic E-state index is -3.53. The van der Waals surface area contributed by atoms with Gasteiger partial charge in [-0.25, -0.2) is 8.42 Å². The summed E-state index contributed by atoms with van der Waals surface area (Å²) >= 11 is 1.22. The van der Waals surface area contributed by atoms with Crippen LogP contribution in [0.1, 0.15) is 73.5 Å². The average molecular weight is 522 g/mol. The zero-order valence-corrected chi connectivity index (χ0v) is 22.6. The summed E-state index contributed by atoms with van der Waals surface area (Å²) in [6.45, 7) is 4.60. The number of nitrogens with one attached hydrogen (secondary N) is 2. The minimum absolute atomic E-state index is 0.224. The highest BCUT2D eigenvalue weighted by atomic mass is 32.2. The first kappa shape index (κ1) is 27.6. The number of hydrogen-bond acceptors (Lipinski definition) is 6. The lowest BCUT2D eigenvalue weighted by Crippen LogP contribution is -2.34. The molecule has 1 aliphatic heterocycles. The van der Waals surface area contributed by atoms with Crippen LogP contribution in [-0.2, 0) is 16.6 Å². The third-order valence-corrected chi connectivity index (χ3v) is 9.84. The minimum Gasteiger partial charge on any atom is -0.497 e. The summed E-state index contributed by atoms with van der Waals surface area (Å²) in [5.41, 5.74) is 0.502.